The Morgan fingerprint density at radius 2 is 1.86 bits per heavy atom. The molecule has 21 heavy (non-hydrogen) atoms. The fourth-order valence-corrected chi connectivity index (χ4v) is 1.71. The molecule has 1 rings (SSSR count). The van der Waals surface area contributed by atoms with Crippen LogP contribution in [0.5, 0.6) is 0 Å². The monoisotopic (exact) mass is 305 g/mol. The van der Waals surface area contributed by atoms with Gasteiger partial charge < -0.3 is 15.2 Å². The molecule has 2 atom stereocenters. The number of amides is 1. The number of benzene rings is 1. The second-order valence-electron chi connectivity index (χ2n) is 4.96. The summed E-state index contributed by atoms with van der Waals surface area (Å²) in [4.78, 5) is 11.6. The van der Waals surface area contributed by atoms with Crippen LogP contribution in [0.4, 0.5) is 18.0 Å². The number of carbonyl (C=O) groups excluding carboxylic acids is 1. The van der Waals surface area contributed by atoms with Crippen molar-refractivity contribution in [3.05, 3.63) is 35.9 Å². The molecule has 0 radical (unpaired) electrons. The second-order valence-corrected chi connectivity index (χ2v) is 4.96. The van der Waals surface area contributed by atoms with Gasteiger partial charge in [-0.2, -0.15) is 13.2 Å². The van der Waals surface area contributed by atoms with Crippen LogP contribution in [-0.2, 0) is 11.3 Å². The molecule has 4 nitrogen and oxygen atoms in total. The molecule has 0 aliphatic heterocycles. The van der Waals surface area contributed by atoms with Gasteiger partial charge in [0.05, 0.1) is 6.04 Å². The lowest BCUT2D eigenvalue weighted by Gasteiger charge is -2.28. The van der Waals surface area contributed by atoms with E-state index in [0.717, 1.165) is 0 Å². The van der Waals surface area contributed by atoms with E-state index in [1.165, 1.54) is 13.8 Å². The van der Waals surface area contributed by atoms with Gasteiger partial charge in [-0.1, -0.05) is 44.2 Å². The Balaban J connectivity index is 2.57. The Morgan fingerprint density at radius 3 is 2.33 bits per heavy atom. The van der Waals surface area contributed by atoms with E-state index >= 15 is 0 Å². The standard InChI is InChI=1S/C14H18F3NO3/c1-9(2)11(12(19)14(15,16)17)18-13(20)21-8-10-6-4-3-5-7-10/h3-7,9,11-12,19H,8H2,1-2H3,(H,18,20). The van der Waals surface area contributed by atoms with Crippen LogP contribution in [-0.4, -0.2) is 29.5 Å². The molecular formula is C14H18F3NO3. The molecule has 0 aromatic heterocycles. The van der Waals surface area contributed by atoms with Crippen molar-refractivity contribution >= 4 is 6.09 Å². The van der Waals surface area contributed by atoms with Crippen molar-refractivity contribution in [1.29, 1.82) is 0 Å². The van der Waals surface area contributed by atoms with E-state index in [9.17, 15) is 23.1 Å². The number of alkyl carbamates (subject to hydrolysis) is 1. The lowest BCUT2D eigenvalue weighted by molar-refractivity contribution is -0.214. The maximum Gasteiger partial charge on any atom is 0.416 e. The Kier molecular flexibility index (Phi) is 6.02. The smallest absolute Gasteiger partial charge is 0.416 e. The van der Waals surface area contributed by atoms with Gasteiger partial charge in [0.2, 0.25) is 0 Å². The number of hydrogen-bond donors (Lipinski definition) is 2. The van der Waals surface area contributed by atoms with Gasteiger partial charge in [0.1, 0.15) is 6.61 Å². The van der Waals surface area contributed by atoms with Crippen LogP contribution in [0, 0.1) is 5.92 Å². The highest BCUT2D eigenvalue weighted by atomic mass is 19.4. The number of rotatable bonds is 5. The molecule has 7 heteroatoms. The molecular weight excluding hydrogens is 287 g/mol. The fourth-order valence-electron chi connectivity index (χ4n) is 1.71. The van der Waals surface area contributed by atoms with Crippen molar-refractivity contribution < 1.29 is 27.8 Å². The first-order chi connectivity index (χ1) is 9.71. The van der Waals surface area contributed by atoms with Gasteiger partial charge in [-0.25, -0.2) is 4.79 Å². The Bertz CT molecular complexity index is 449. The molecule has 0 saturated carbocycles. The fraction of sp³-hybridized carbons (Fsp3) is 0.500. The molecule has 118 valence electrons. The lowest BCUT2D eigenvalue weighted by atomic mass is 9.98. The van der Waals surface area contributed by atoms with Crippen LogP contribution in [0.1, 0.15) is 19.4 Å². The number of aliphatic hydroxyl groups is 1. The molecule has 0 aliphatic rings. The number of hydrogen-bond acceptors (Lipinski definition) is 3. The summed E-state index contributed by atoms with van der Waals surface area (Å²) in [5.74, 6) is -0.606. The quantitative estimate of drug-likeness (QED) is 0.879. The van der Waals surface area contributed by atoms with Crippen molar-refractivity contribution in [2.75, 3.05) is 0 Å². The zero-order chi connectivity index (χ0) is 16.0. The number of alkyl halides is 3. The highest BCUT2D eigenvalue weighted by Gasteiger charge is 2.45. The Hall–Kier alpha value is -1.76. The first-order valence-electron chi connectivity index (χ1n) is 6.44. The lowest BCUT2D eigenvalue weighted by Crippen LogP contribution is -2.52. The van der Waals surface area contributed by atoms with Crippen LogP contribution in [0.15, 0.2) is 30.3 Å². The summed E-state index contributed by atoms with van der Waals surface area (Å²) in [6, 6.07) is 7.27. The summed E-state index contributed by atoms with van der Waals surface area (Å²) < 4.78 is 42.4. The molecule has 0 heterocycles. The average Bonchev–Trinajstić information content (AvgIpc) is 2.41. The molecule has 0 fully saturated rings. The van der Waals surface area contributed by atoms with Crippen molar-refractivity contribution in [2.24, 2.45) is 5.92 Å². The van der Waals surface area contributed by atoms with Gasteiger partial charge in [-0.05, 0) is 11.5 Å². The third-order valence-corrected chi connectivity index (χ3v) is 2.89. The molecule has 0 bridgehead atoms. The number of nitrogens with one attached hydrogen (secondary N) is 1. The predicted octanol–water partition coefficient (Wildman–Crippen LogP) is 2.86. The van der Waals surface area contributed by atoms with E-state index in [1.54, 1.807) is 30.3 Å². The minimum Gasteiger partial charge on any atom is -0.445 e. The third-order valence-electron chi connectivity index (χ3n) is 2.89. The van der Waals surface area contributed by atoms with Gasteiger partial charge in [-0.15, -0.1) is 0 Å². The molecule has 1 amide bonds. The highest BCUT2D eigenvalue weighted by Crippen LogP contribution is 2.25. The molecule has 2 N–H and O–H groups in total. The summed E-state index contributed by atoms with van der Waals surface area (Å²) in [6.07, 6.45) is -8.44. The van der Waals surface area contributed by atoms with E-state index < -0.39 is 30.3 Å². The summed E-state index contributed by atoms with van der Waals surface area (Å²) >= 11 is 0. The van der Waals surface area contributed by atoms with Crippen molar-refractivity contribution in [3.63, 3.8) is 0 Å². The van der Waals surface area contributed by atoms with Gasteiger partial charge in [0.25, 0.3) is 0 Å². The SMILES string of the molecule is CC(C)C(NC(=O)OCc1ccccc1)C(O)C(F)(F)F. The van der Waals surface area contributed by atoms with E-state index in [4.69, 9.17) is 4.74 Å². The number of ether oxygens (including phenoxy) is 1. The van der Waals surface area contributed by atoms with Gasteiger partial charge in [0.15, 0.2) is 6.10 Å². The topological polar surface area (TPSA) is 58.6 Å². The van der Waals surface area contributed by atoms with E-state index in [1.807, 2.05) is 0 Å². The summed E-state index contributed by atoms with van der Waals surface area (Å²) in [5.41, 5.74) is 0.713. The highest BCUT2D eigenvalue weighted by molar-refractivity contribution is 5.67. The Labute approximate surface area is 120 Å². The number of carbonyl (C=O) groups is 1. The zero-order valence-corrected chi connectivity index (χ0v) is 11.7. The van der Waals surface area contributed by atoms with E-state index in [2.05, 4.69) is 5.32 Å². The molecule has 2 unspecified atom stereocenters. The van der Waals surface area contributed by atoms with E-state index in [0.29, 0.717) is 5.56 Å². The summed E-state index contributed by atoms with van der Waals surface area (Å²) in [7, 11) is 0. The van der Waals surface area contributed by atoms with Crippen LogP contribution in [0.2, 0.25) is 0 Å². The van der Waals surface area contributed by atoms with Gasteiger partial charge in [0, 0.05) is 0 Å². The average molecular weight is 305 g/mol. The predicted molar refractivity (Wildman–Crippen MR) is 70.5 cm³/mol. The maximum atomic E-state index is 12.5. The van der Waals surface area contributed by atoms with Crippen LogP contribution < -0.4 is 5.32 Å². The molecule has 1 aromatic carbocycles. The first kappa shape index (κ1) is 17.3. The van der Waals surface area contributed by atoms with Gasteiger partial charge >= 0.3 is 12.3 Å². The normalized spacial score (nSPS) is 14.6. The minimum atomic E-state index is -4.80. The molecule has 0 aliphatic carbocycles. The molecule has 0 saturated heterocycles. The van der Waals surface area contributed by atoms with Crippen LogP contribution in [0.3, 0.4) is 0 Å². The summed E-state index contributed by atoms with van der Waals surface area (Å²) in [5, 5.41) is 11.3. The molecule has 0 spiro atoms. The number of halogens is 3. The number of aliphatic hydroxyl groups excluding tert-OH is 1. The second kappa shape index (κ2) is 7.31. The van der Waals surface area contributed by atoms with Gasteiger partial charge in [-0.3, -0.25) is 0 Å². The van der Waals surface area contributed by atoms with Crippen molar-refractivity contribution in [1.82, 2.24) is 5.32 Å². The minimum absolute atomic E-state index is 0.0560. The van der Waals surface area contributed by atoms with Crippen LogP contribution >= 0.6 is 0 Å². The molecule has 1 aromatic rings. The van der Waals surface area contributed by atoms with E-state index in [-0.39, 0.29) is 6.61 Å². The summed E-state index contributed by atoms with van der Waals surface area (Å²) in [6.45, 7) is 2.88. The maximum absolute atomic E-state index is 12.5. The van der Waals surface area contributed by atoms with Crippen molar-refractivity contribution in [2.45, 2.75) is 38.8 Å². The largest absolute Gasteiger partial charge is 0.445 e. The Morgan fingerprint density at radius 1 is 1.29 bits per heavy atom. The third kappa shape index (κ3) is 5.63. The zero-order valence-electron chi connectivity index (χ0n) is 11.7. The van der Waals surface area contributed by atoms with Crippen molar-refractivity contribution in [3.8, 4) is 0 Å². The van der Waals surface area contributed by atoms with Crippen LogP contribution in [0.25, 0.3) is 0 Å². The first-order valence-corrected chi connectivity index (χ1v) is 6.44.